The van der Waals surface area contributed by atoms with Crippen molar-refractivity contribution in [3.63, 3.8) is 0 Å². The number of aliphatic imine (C=N–C) groups is 1. The highest BCUT2D eigenvalue weighted by molar-refractivity contribution is 5.68. The predicted molar refractivity (Wildman–Crippen MR) is 142 cm³/mol. The molecule has 36 heavy (non-hydrogen) atoms. The molecule has 0 radical (unpaired) electrons. The largest absolute Gasteiger partial charge is 0.383 e. The average Bonchev–Trinajstić information content (AvgIpc) is 2.91. The van der Waals surface area contributed by atoms with Crippen molar-refractivity contribution >= 4 is 17.9 Å². The number of pyridine rings is 2. The number of nitrogens with one attached hydrogen (secondary N) is 3. The Morgan fingerprint density at radius 2 is 1.94 bits per heavy atom. The van der Waals surface area contributed by atoms with E-state index in [-0.39, 0.29) is 11.2 Å². The lowest BCUT2D eigenvalue weighted by Crippen LogP contribution is -2.38. The predicted octanol–water partition coefficient (Wildman–Crippen LogP) is 4.15. The van der Waals surface area contributed by atoms with Gasteiger partial charge in [-0.25, -0.2) is 14.4 Å². The van der Waals surface area contributed by atoms with E-state index in [1.54, 1.807) is 20.2 Å². The van der Waals surface area contributed by atoms with E-state index < -0.39 is 0 Å². The van der Waals surface area contributed by atoms with E-state index in [0.29, 0.717) is 41.5 Å². The van der Waals surface area contributed by atoms with E-state index in [9.17, 15) is 4.39 Å². The normalized spacial score (nSPS) is 22.0. The monoisotopic (exact) mass is 498 g/mol. The van der Waals surface area contributed by atoms with Crippen LogP contribution in [0.5, 0.6) is 0 Å². The van der Waals surface area contributed by atoms with Crippen molar-refractivity contribution < 1.29 is 13.9 Å². The van der Waals surface area contributed by atoms with Gasteiger partial charge < -0.3 is 30.4 Å². The molecule has 0 aromatic carbocycles. The van der Waals surface area contributed by atoms with E-state index >= 15 is 0 Å². The molecule has 0 bridgehead atoms. The van der Waals surface area contributed by atoms with Gasteiger partial charge in [0.2, 0.25) is 0 Å². The Bertz CT molecular complexity index is 990. The molecule has 1 aliphatic carbocycles. The molecule has 2 fully saturated rings. The maximum absolute atomic E-state index is 14.8. The molecule has 0 atom stereocenters. The van der Waals surface area contributed by atoms with Gasteiger partial charge in [0.05, 0.1) is 18.5 Å². The molecule has 3 N–H and O–H groups in total. The molecular weight excluding hydrogens is 459 g/mol. The first kappa shape index (κ1) is 26.4. The number of halogens is 1. The standard InChI is InChI=1S/C27H39FN6O2/c1-29-18-27(10-13-36-14-11-27)19-32-25-5-3-4-24(34-25)22-16-26(31-17-23(22)28)33-21-8-6-20(7-9-21)30-12-15-35-2/h3-5,16-18,20-21,30H,6-15,19H2,1-2H3,(H,31,33)(H,32,34). The third kappa shape index (κ3) is 7.21. The summed E-state index contributed by atoms with van der Waals surface area (Å²) in [6, 6.07) is 8.28. The number of rotatable bonds is 11. The Morgan fingerprint density at radius 1 is 1.17 bits per heavy atom. The third-order valence-corrected chi connectivity index (χ3v) is 7.21. The fraction of sp³-hybridized carbons (Fsp3) is 0.593. The summed E-state index contributed by atoms with van der Waals surface area (Å²) in [5.41, 5.74) is 0.975. The molecule has 1 saturated heterocycles. The van der Waals surface area contributed by atoms with Crippen molar-refractivity contribution in [2.24, 2.45) is 10.4 Å². The van der Waals surface area contributed by atoms with Crippen LogP contribution in [0.25, 0.3) is 11.3 Å². The molecule has 9 heteroatoms. The molecule has 196 valence electrons. The summed E-state index contributed by atoms with van der Waals surface area (Å²) in [4.78, 5) is 13.3. The number of ether oxygens (including phenoxy) is 2. The average molecular weight is 499 g/mol. The van der Waals surface area contributed by atoms with Crippen LogP contribution in [-0.4, -0.2) is 75.3 Å². The third-order valence-electron chi connectivity index (χ3n) is 7.21. The Labute approximate surface area is 213 Å². The lowest BCUT2D eigenvalue weighted by molar-refractivity contribution is 0.0520. The van der Waals surface area contributed by atoms with E-state index in [2.05, 4.69) is 25.9 Å². The smallest absolute Gasteiger partial charge is 0.151 e. The molecule has 1 aliphatic heterocycles. The molecule has 0 amide bonds. The number of methoxy groups -OCH3 is 1. The molecule has 1 saturated carbocycles. The minimum Gasteiger partial charge on any atom is -0.383 e. The molecule has 8 nitrogen and oxygen atoms in total. The number of hydrogen-bond donors (Lipinski definition) is 3. The van der Waals surface area contributed by atoms with Crippen molar-refractivity contribution in [1.82, 2.24) is 15.3 Å². The number of nitrogens with zero attached hydrogens (tertiary/aromatic N) is 3. The van der Waals surface area contributed by atoms with Crippen LogP contribution in [0.2, 0.25) is 0 Å². The van der Waals surface area contributed by atoms with Crippen LogP contribution in [0.15, 0.2) is 35.5 Å². The molecule has 0 spiro atoms. The number of hydrogen-bond acceptors (Lipinski definition) is 8. The van der Waals surface area contributed by atoms with Crippen molar-refractivity contribution in [1.29, 1.82) is 0 Å². The summed E-state index contributed by atoms with van der Waals surface area (Å²) >= 11 is 0. The SMILES string of the molecule is CN=CC1(CNc2cccc(-c3cc(NC4CCC(NCCOC)CC4)ncc3F)n2)CCOCC1. The molecule has 2 aromatic rings. The zero-order chi connectivity index (χ0) is 25.2. The van der Waals surface area contributed by atoms with E-state index in [4.69, 9.17) is 14.5 Å². The maximum atomic E-state index is 14.8. The molecular formula is C27H39FN6O2. The second kappa shape index (κ2) is 13.1. The van der Waals surface area contributed by atoms with Crippen LogP contribution >= 0.6 is 0 Å². The van der Waals surface area contributed by atoms with Gasteiger partial charge in [0.25, 0.3) is 0 Å². The van der Waals surface area contributed by atoms with Gasteiger partial charge in [0.1, 0.15) is 11.6 Å². The Hall–Kier alpha value is -2.62. The highest BCUT2D eigenvalue weighted by Gasteiger charge is 2.30. The van der Waals surface area contributed by atoms with Crippen molar-refractivity contribution in [2.75, 3.05) is 57.7 Å². The Kier molecular flexibility index (Phi) is 9.60. The second-order valence-corrected chi connectivity index (χ2v) is 9.81. The zero-order valence-electron chi connectivity index (χ0n) is 21.4. The topological polar surface area (TPSA) is 92.7 Å². The number of anilines is 2. The van der Waals surface area contributed by atoms with E-state index in [0.717, 1.165) is 64.9 Å². The first-order chi connectivity index (χ1) is 17.6. The molecule has 2 aromatic heterocycles. The van der Waals surface area contributed by atoms with Gasteiger partial charge in [-0.2, -0.15) is 0 Å². The van der Waals surface area contributed by atoms with Crippen LogP contribution in [0.4, 0.5) is 16.0 Å². The second-order valence-electron chi connectivity index (χ2n) is 9.81. The summed E-state index contributed by atoms with van der Waals surface area (Å²) in [6.45, 7) is 3.77. The lowest BCUT2D eigenvalue weighted by atomic mass is 9.81. The van der Waals surface area contributed by atoms with Crippen LogP contribution in [-0.2, 0) is 9.47 Å². The quantitative estimate of drug-likeness (QED) is 0.317. The van der Waals surface area contributed by atoms with Crippen LogP contribution in [0.3, 0.4) is 0 Å². The van der Waals surface area contributed by atoms with Crippen molar-refractivity contribution in [2.45, 2.75) is 50.6 Å². The fourth-order valence-electron chi connectivity index (χ4n) is 5.08. The van der Waals surface area contributed by atoms with Gasteiger partial charge in [0.15, 0.2) is 5.82 Å². The van der Waals surface area contributed by atoms with E-state index in [1.165, 1.54) is 6.20 Å². The van der Waals surface area contributed by atoms with Gasteiger partial charge in [-0.15, -0.1) is 0 Å². The van der Waals surface area contributed by atoms with Crippen molar-refractivity contribution in [3.8, 4) is 11.3 Å². The van der Waals surface area contributed by atoms with Crippen LogP contribution in [0, 0.1) is 11.2 Å². The summed E-state index contributed by atoms with van der Waals surface area (Å²) in [5.74, 6) is 1.02. The first-order valence-corrected chi connectivity index (χ1v) is 13.0. The lowest BCUT2D eigenvalue weighted by Gasteiger charge is -2.34. The molecule has 0 unspecified atom stereocenters. The first-order valence-electron chi connectivity index (χ1n) is 13.0. The summed E-state index contributed by atoms with van der Waals surface area (Å²) < 4.78 is 25.5. The van der Waals surface area contributed by atoms with Gasteiger partial charge in [-0.1, -0.05) is 6.07 Å². The van der Waals surface area contributed by atoms with Gasteiger partial charge in [-0.05, 0) is 56.7 Å². The minimum absolute atomic E-state index is 0.0536. The summed E-state index contributed by atoms with van der Waals surface area (Å²) in [5, 5.41) is 10.5. The van der Waals surface area contributed by atoms with Crippen LogP contribution in [0.1, 0.15) is 38.5 Å². The maximum Gasteiger partial charge on any atom is 0.151 e. The summed E-state index contributed by atoms with van der Waals surface area (Å²) in [6.07, 6.45) is 9.42. The minimum atomic E-state index is -0.379. The number of aromatic nitrogens is 2. The molecule has 2 aliphatic rings. The van der Waals surface area contributed by atoms with Gasteiger partial charge >= 0.3 is 0 Å². The molecule has 3 heterocycles. The molecule has 4 rings (SSSR count). The van der Waals surface area contributed by atoms with Crippen LogP contribution < -0.4 is 16.0 Å². The summed E-state index contributed by atoms with van der Waals surface area (Å²) in [7, 11) is 3.53. The Morgan fingerprint density at radius 3 is 2.69 bits per heavy atom. The zero-order valence-corrected chi connectivity index (χ0v) is 21.4. The highest BCUT2D eigenvalue weighted by Crippen LogP contribution is 2.30. The van der Waals surface area contributed by atoms with Gasteiger partial charge in [0, 0.05) is 69.7 Å². The fourth-order valence-corrected chi connectivity index (χ4v) is 5.08. The Balaban J connectivity index is 1.38. The van der Waals surface area contributed by atoms with Crippen molar-refractivity contribution in [3.05, 3.63) is 36.3 Å². The van der Waals surface area contributed by atoms with E-state index in [1.807, 2.05) is 24.4 Å². The van der Waals surface area contributed by atoms with Gasteiger partial charge in [-0.3, -0.25) is 0 Å². The highest BCUT2D eigenvalue weighted by atomic mass is 19.1.